The molecule has 60 heavy (non-hydrogen) atoms. The smallest absolute Gasteiger partial charge is 0.0618 e. The molecule has 0 amide bonds. The first-order chi connectivity index (χ1) is 29.8. The fourth-order valence-corrected chi connectivity index (χ4v) is 9.02. The maximum absolute atomic E-state index is 2.52. The van der Waals surface area contributed by atoms with E-state index in [0.29, 0.717) is 0 Å². The molecule has 0 N–H and O–H groups in total. The Kier molecular flexibility index (Phi) is 8.87. The molecule has 0 aliphatic heterocycles. The van der Waals surface area contributed by atoms with Gasteiger partial charge in [0, 0.05) is 33.2 Å². The number of benzene rings is 10. The van der Waals surface area contributed by atoms with E-state index >= 15 is 0 Å². The lowest BCUT2D eigenvalue weighted by molar-refractivity contribution is 1.18. The second kappa shape index (κ2) is 15.1. The lowest BCUT2D eigenvalue weighted by Crippen LogP contribution is -2.13. The molecule has 0 fully saturated rings. The molecule has 11 rings (SSSR count). The van der Waals surface area contributed by atoms with Crippen molar-refractivity contribution in [2.24, 2.45) is 0 Å². The Morgan fingerprint density at radius 3 is 1.58 bits per heavy atom. The fourth-order valence-electron chi connectivity index (χ4n) is 9.02. The molecule has 0 atom stereocenters. The lowest BCUT2D eigenvalue weighted by Gasteiger charge is -2.31. The molecule has 0 spiro atoms. The van der Waals surface area contributed by atoms with Crippen LogP contribution in [0.3, 0.4) is 0 Å². The maximum atomic E-state index is 2.52. The molecule has 0 aliphatic rings. The largest absolute Gasteiger partial charge is 0.309 e. The minimum Gasteiger partial charge on any atom is -0.309 e. The van der Waals surface area contributed by atoms with Crippen LogP contribution in [0.15, 0.2) is 243 Å². The molecule has 0 bridgehead atoms. The molecule has 2 heteroatoms. The standard InChI is InChI=1S/C58H40N2/c1-4-18-41(19-5-1)43-36-38-48(39-37-43)59(58-50(45-23-8-3-9-24-45)28-16-29-51(58)47-35-34-42-20-10-11-25-46(42)40-47)55-32-17-33-56-57(55)52-27-13-15-31-54(52)60(56)53-30-14-12-26-49(53)44-21-6-2-7-22-44/h1-40H. The third-order valence-electron chi connectivity index (χ3n) is 11.8. The Labute approximate surface area is 350 Å². The number of para-hydroxylation sites is 3. The average molecular weight is 765 g/mol. The Morgan fingerprint density at radius 2 is 0.833 bits per heavy atom. The Hall–Kier alpha value is -7.94. The molecule has 0 unspecified atom stereocenters. The first-order valence-corrected chi connectivity index (χ1v) is 20.6. The van der Waals surface area contributed by atoms with E-state index in [0.717, 1.165) is 50.5 Å². The van der Waals surface area contributed by atoms with Crippen LogP contribution in [0.25, 0.3) is 82.8 Å². The molecule has 11 aromatic rings. The highest BCUT2D eigenvalue weighted by atomic mass is 15.2. The van der Waals surface area contributed by atoms with Crippen molar-refractivity contribution in [3.05, 3.63) is 243 Å². The van der Waals surface area contributed by atoms with Crippen LogP contribution in [0.5, 0.6) is 0 Å². The SMILES string of the molecule is c1ccc(-c2ccc(N(c3c(-c4ccccc4)cccc3-c3ccc4ccccc4c3)c3cccc4c3c3ccccc3n4-c3ccccc3-c3ccccc3)cc2)cc1. The Balaban J connectivity index is 1.24. The third-order valence-corrected chi connectivity index (χ3v) is 11.8. The van der Waals surface area contributed by atoms with E-state index < -0.39 is 0 Å². The molecule has 2 nitrogen and oxygen atoms in total. The van der Waals surface area contributed by atoms with Crippen LogP contribution in [-0.4, -0.2) is 4.57 Å². The van der Waals surface area contributed by atoms with Gasteiger partial charge in [0.05, 0.1) is 28.1 Å². The van der Waals surface area contributed by atoms with Gasteiger partial charge in [0.2, 0.25) is 0 Å². The molecule has 10 aromatic carbocycles. The number of rotatable bonds is 8. The summed E-state index contributed by atoms with van der Waals surface area (Å²) in [5.74, 6) is 0. The molecule has 0 aliphatic carbocycles. The van der Waals surface area contributed by atoms with Crippen LogP contribution < -0.4 is 4.90 Å². The summed E-state index contributed by atoms with van der Waals surface area (Å²) in [7, 11) is 0. The molecular formula is C58H40N2. The van der Waals surface area contributed by atoms with Crippen LogP contribution in [0.1, 0.15) is 0 Å². The van der Waals surface area contributed by atoms with Crippen LogP contribution in [0.4, 0.5) is 17.1 Å². The van der Waals surface area contributed by atoms with Crippen molar-refractivity contribution >= 4 is 49.6 Å². The van der Waals surface area contributed by atoms with Gasteiger partial charge >= 0.3 is 0 Å². The average Bonchev–Trinajstić information content (AvgIpc) is 3.67. The van der Waals surface area contributed by atoms with Crippen LogP contribution in [0, 0.1) is 0 Å². The van der Waals surface area contributed by atoms with Gasteiger partial charge in [0.25, 0.3) is 0 Å². The first-order valence-electron chi connectivity index (χ1n) is 20.6. The highest BCUT2D eigenvalue weighted by Gasteiger charge is 2.26. The van der Waals surface area contributed by atoms with Gasteiger partial charge in [-0.2, -0.15) is 0 Å². The monoisotopic (exact) mass is 764 g/mol. The van der Waals surface area contributed by atoms with Gasteiger partial charge in [0.15, 0.2) is 0 Å². The summed E-state index contributed by atoms with van der Waals surface area (Å²) in [5, 5.41) is 4.83. The van der Waals surface area contributed by atoms with Gasteiger partial charge in [-0.25, -0.2) is 0 Å². The van der Waals surface area contributed by atoms with E-state index in [2.05, 4.69) is 252 Å². The number of hydrogen-bond acceptors (Lipinski definition) is 1. The quantitative estimate of drug-likeness (QED) is 0.150. The van der Waals surface area contributed by atoms with E-state index in [4.69, 9.17) is 0 Å². The molecular weight excluding hydrogens is 725 g/mol. The lowest BCUT2D eigenvalue weighted by atomic mass is 9.92. The van der Waals surface area contributed by atoms with Crippen LogP contribution >= 0.6 is 0 Å². The minimum absolute atomic E-state index is 1.08. The van der Waals surface area contributed by atoms with Crippen LogP contribution in [-0.2, 0) is 0 Å². The predicted octanol–water partition coefficient (Wildman–Crippen LogP) is 16.1. The van der Waals surface area contributed by atoms with Gasteiger partial charge < -0.3 is 9.47 Å². The Morgan fingerprint density at radius 1 is 0.317 bits per heavy atom. The zero-order chi connectivity index (χ0) is 39.8. The molecule has 0 radical (unpaired) electrons. The molecule has 1 aromatic heterocycles. The summed E-state index contributed by atoms with van der Waals surface area (Å²) < 4.78 is 2.46. The molecule has 282 valence electrons. The van der Waals surface area contributed by atoms with Crippen molar-refractivity contribution in [3.63, 3.8) is 0 Å². The van der Waals surface area contributed by atoms with Gasteiger partial charge in [0.1, 0.15) is 0 Å². The van der Waals surface area contributed by atoms with Crippen molar-refractivity contribution in [3.8, 4) is 50.2 Å². The van der Waals surface area contributed by atoms with Gasteiger partial charge in [-0.3, -0.25) is 0 Å². The molecule has 1 heterocycles. The van der Waals surface area contributed by atoms with Gasteiger partial charge in [-0.05, 0) is 81.1 Å². The Bertz CT molecular complexity index is 3290. The second-order valence-corrected chi connectivity index (χ2v) is 15.3. The third kappa shape index (κ3) is 6.14. The van der Waals surface area contributed by atoms with Gasteiger partial charge in [-0.15, -0.1) is 0 Å². The first kappa shape index (κ1) is 35.2. The summed E-state index contributed by atoms with van der Waals surface area (Å²) in [6, 6.07) is 88.0. The number of nitrogens with zero attached hydrogens (tertiary/aromatic N) is 2. The van der Waals surface area contributed by atoms with E-state index in [1.165, 1.54) is 49.4 Å². The number of fused-ring (bicyclic) bond motifs is 4. The van der Waals surface area contributed by atoms with Crippen molar-refractivity contribution in [1.29, 1.82) is 0 Å². The minimum atomic E-state index is 1.08. The van der Waals surface area contributed by atoms with Gasteiger partial charge in [-0.1, -0.05) is 200 Å². The molecule has 0 saturated carbocycles. The summed E-state index contributed by atoms with van der Waals surface area (Å²) in [6.45, 7) is 0. The highest BCUT2D eigenvalue weighted by molar-refractivity contribution is 6.18. The zero-order valence-electron chi connectivity index (χ0n) is 33.0. The van der Waals surface area contributed by atoms with E-state index in [-0.39, 0.29) is 0 Å². The van der Waals surface area contributed by atoms with Crippen molar-refractivity contribution in [1.82, 2.24) is 4.57 Å². The highest BCUT2D eigenvalue weighted by Crippen LogP contribution is 2.50. The predicted molar refractivity (Wildman–Crippen MR) is 255 cm³/mol. The van der Waals surface area contributed by atoms with E-state index in [1.807, 2.05) is 0 Å². The summed E-state index contributed by atoms with van der Waals surface area (Å²) in [6.07, 6.45) is 0. The van der Waals surface area contributed by atoms with Crippen molar-refractivity contribution in [2.45, 2.75) is 0 Å². The second-order valence-electron chi connectivity index (χ2n) is 15.3. The normalized spacial score (nSPS) is 11.3. The number of anilines is 3. The van der Waals surface area contributed by atoms with Crippen molar-refractivity contribution < 1.29 is 0 Å². The summed E-state index contributed by atoms with van der Waals surface area (Å²) in [5.41, 5.74) is 16.1. The number of hydrogen-bond donors (Lipinski definition) is 0. The number of aromatic nitrogens is 1. The maximum Gasteiger partial charge on any atom is 0.0618 e. The van der Waals surface area contributed by atoms with E-state index in [1.54, 1.807) is 0 Å². The molecule has 0 saturated heterocycles. The fraction of sp³-hybridized carbons (Fsp3) is 0. The summed E-state index contributed by atoms with van der Waals surface area (Å²) in [4.78, 5) is 2.52. The van der Waals surface area contributed by atoms with Crippen molar-refractivity contribution in [2.75, 3.05) is 4.90 Å². The van der Waals surface area contributed by atoms with E-state index in [9.17, 15) is 0 Å². The summed E-state index contributed by atoms with van der Waals surface area (Å²) >= 11 is 0. The van der Waals surface area contributed by atoms with Crippen LogP contribution in [0.2, 0.25) is 0 Å². The topological polar surface area (TPSA) is 8.17 Å². The zero-order valence-corrected chi connectivity index (χ0v) is 33.0.